The highest BCUT2D eigenvalue weighted by Crippen LogP contribution is 2.30. The minimum atomic E-state index is -0.448. The van der Waals surface area contributed by atoms with Crippen molar-refractivity contribution in [1.82, 2.24) is 5.32 Å². The molecule has 2 aromatic rings. The van der Waals surface area contributed by atoms with Gasteiger partial charge in [0, 0.05) is 18.2 Å². The fraction of sp³-hybridized carbons (Fsp3) is 0.125. The van der Waals surface area contributed by atoms with Gasteiger partial charge in [0.25, 0.3) is 0 Å². The molecule has 2 aromatic carbocycles. The van der Waals surface area contributed by atoms with E-state index in [9.17, 15) is 10.1 Å². The predicted molar refractivity (Wildman–Crippen MR) is 82.1 cm³/mol. The molecule has 0 spiro atoms. The van der Waals surface area contributed by atoms with E-state index in [1.165, 1.54) is 6.07 Å². The lowest BCUT2D eigenvalue weighted by Crippen LogP contribution is -2.07. The van der Waals surface area contributed by atoms with Crippen molar-refractivity contribution in [3.8, 4) is 5.75 Å². The number of ether oxygens (including phenoxy) is 1. The van der Waals surface area contributed by atoms with Gasteiger partial charge < -0.3 is 10.1 Å². The van der Waals surface area contributed by atoms with E-state index in [1.807, 2.05) is 43.5 Å². The van der Waals surface area contributed by atoms with E-state index in [-0.39, 0.29) is 11.4 Å². The third-order valence-electron chi connectivity index (χ3n) is 2.83. The maximum atomic E-state index is 11.0. The van der Waals surface area contributed by atoms with Gasteiger partial charge in [0.05, 0.1) is 4.92 Å². The summed E-state index contributed by atoms with van der Waals surface area (Å²) >= 11 is 0. The monoisotopic (exact) mass is 284 g/mol. The molecule has 0 heterocycles. The van der Waals surface area contributed by atoms with E-state index in [0.29, 0.717) is 12.3 Å². The quantitative estimate of drug-likeness (QED) is 0.502. The SMILES string of the molecule is CNCC=C(Oc1ccccc1[N+](=O)[O-])c1ccccc1. The van der Waals surface area contributed by atoms with Crippen molar-refractivity contribution >= 4 is 11.4 Å². The molecule has 0 atom stereocenters. The lowest BCUT2D eigenvalue weighted by Gasteiger charge is -2.11. The summed E-state index contributed by atoms with van der Waals surface area (Å²) in [5.41, 5.74) is 0.815. The Bertz CT molecular complexity index is 639. The topological polar surface area (TPSA) is 64.4 Å². The Balaban J connectivity index is 2.35. The fourth-order valence-corrected chi connectivity index (χ4v) is 1.83. The lowest BCUT2D eigenvalue weighted by atomic mass is 10.2. The Kier molecular flexibility index (Phi) is 5.06. The molecule has 0 radical (unpaired) electrons. The van der Waals surface area contributed by atoms with Gasteiger partial charge in [-0.3, -0.25) is 10.1 Å². The van der Waals surface area contributed by atoms with Crippen LogP contribution < -0.4 is 10.1 Å². The number of nitrogens with zero attached hydrogens (tertiary/aromatic N) is 1. The first kappa shape index (κ1) is 14.7. The maximum absolute atomic E-state index is 11.0. The summed E-state index contributed by atoms with van der Waals surface area (Å²) in [6, 6.07) is 15.8. The average Bonchev–Trinajstić information content (AvgIpc) is 2.52. The van der Waals surface area contributed by atoms with Crippen molar-refractivity contribution in [2.75, 3.05) is 13.6 Å². The molecule has 0 saturated carbocycles. The van der Waals surface area contributed by atoms with Crippen LogP contribution in [0.5, 0.6) is 5.75 Å². The summed E-state index contributed by atoms with van der Waals surface area (Å²) in [5, 5.41) is 14.0. The van der Waals surface area contributed by atoms with Gasteiger partial charge in [0.1, 0.15) is 5.76 Å². The van der Waals surface area contributed by atoms with Crippen LogP contribution in [-0.2, 0) is 0 Å². The van der Waals surface area contributed by atoms with Crippen molar-refractivity contribution < 1.29 is 9.66 Å². The molecule has 0 fully saturated rings. The molecule has 108 valence electrons. The Morgan fingerprint density at radius 3 is 2.52 bits per heavy atom. The molecule has 21 heavy (non-hydrogen) atoms. The van der Waals surface area contributed by atoms with Gasteiger partial charge in [-0.25, -0.2) is 0 Å². The zero-order valence-electron chi connectivity index (χ0n) is 11.7. The molecule has 0 amide bonds. The minimum absolute atomic E-state index is 0.0520. The number of para-hydroxylation sites is 2. The van der Waals surface area contributed by atoms with Crippen LogP contribution in [0.1, 0.15) is 5.56 Å². The normalized spacial score (nSPS) is 11.2. The Labute approximate surface area is 123 Å². The van der Waals surface area contributed by atoms with Crippen LogP contribution in [0.4, 0.5) is 5.69 Å². The summed E-state index contributed by atoms with van der Waals surface area (Å²) in [6.07, 6.45) is 1.85. The standard InChI is InChI=1S/C16H16N2O3/c1-17-12-11-15(13-7-3-2-4-8-13)21-16-10-6-5-9-14(16)18(19)20/h2-11,17H,12H2,1H3. The molecule has 0 aliphatic rings. The van der Waals surface area contributed by atoms with Crippen molar-refractivity contribution in [2.45, 2.75) is 0 Å². The molecule has 5 nitrogen and oxygen atoms in total. The van der Waals surface area contributed by atoms with Gasteiger partial charge in [0.15, 0.2) is 0 Å². The van der Waals surface area contributed by atoms with Crippen molar-refractivity contribution in [1.29, 1.82) is 0 Å². The first-order valence-corrected chi connectivity index (χ1v) is 6.54. The van der Waals surface area contributed by atoms with Crippen LogP contribution in [0.3, 0.4) is 0 Å². The maximum Gasteiger partial charge on any atom is 0.311 e. The molecule has 0 aliphatic carbocycles. The molecule has 0 aromatic heterocycles. The van der Waals surface area contributed by atoms with Crippen LogP contribution in [-0.4, -0.2) is 18.5 Å². The van der Waals surface area contributed by atoms with Crippen molar-refractivity contribution in [2.24, 2.45) is 0 Å². The Morgan fingerprint density at radius 2 is 1.86 bits per heavy atom. The van der Waals surface area contributed by atoms with Crippen molar-refractivity contribution in [3.05, 3.63) is 76.4 Å². The van der Waals surface area contributed by atoms with Crippen molar-refractivity contribution in [3.63, 3.8) is 0 Å². The Morgan fingerprint density at radius 1 is 1.19 bits per heavy atom. The summed E-state index contributed by atoms with van der Waals surface area (Å²) in [6.45, 7) is 0.602. The second kappa shape index (κ2) is 7.21. The van der Waals surface area contributed by atoms with Crippen LogP contribution in [0, 0.1) is 10.1 Å². The van der Waals surface area contributed by atoms with E-state index < -0.39 is 4.92 Å². The molecule has 0 saturated heterocycles. The largest absolute Gasteiger partial charge is 0.450 e. The number of nitrogens with one attached hydrogen (secondary N) is 1. The van der Waals surface area contributed by atoms with Gasteiger partial charge >= 0.3 is 5.69 Å². The first-order chi connectivity index (χ1) is 10.2. The number of hydrogen-bond donors (Lipinski definition) is 1. The highest BCUT2D eigenvalue weighted by atomic mass is 16.6. The number of rotatable bonds is 6. The lowest BCUT2D eigenvalue weighted by molar-refractivity contribution is -0.385. The van der Waals surface area contributed by atoms with Gasteiger partial charge in [-0.05, 0) is 19.2 Å². The zero-order valence-corrected chi connectivity index (χ0v) is 11.7. The van der Waals surface area contributed by atoms with Crippen LogP contribution >= 0.6 is 0 Å². The third-order valence-corrected chi connectivity index (χ3v) is 2.83. The van der Waals surface area contributed by atoms with Gasteiger partial charge in [-0.1, -0.05) is 42.5 Å². The third kappa shape index (κ3) is 3.90. The molecule has 0 aliphatic heterocycles. The molecular formula is C16H16N2O3. The number of nitro benzene ring substituents is 1. The Hall–Kier alpha value is -2.66. The summed E-state index contributed by atoms with van der Waals surface area (Å²) < 4.78 is 5.77. The number of benzene rings is 2. The van der Waals surface area contributed by atoms with E-state index in [4.69, 9.17) is 4.74 Å². The molecular weight excluding hydrogens is 268 g/mol. The van der Waals surface area contributed by atoms with Crippen LogP contribution in [0.2, 0.25) is 0 Å². The van der Waals surface area contributed by atoms with E-state index >= 15 is 0 Å². The summed E-state index contributed by atoms with van der Waals surface area (Å²) in [5.74, 6) is 0.813. The average molecular weight is 284 g/mol. The second-order valence-corrected chi connectivity index (χ2v) is 4.32. The number of hydrogen-bond acceptors (Lipinski definition) is 4. The van der Waals surface area contributed by atoms with Gasteiger partial charge in [-0.2, -0.15) is 0 Å². The first-order valence-electron chi connectivity index (χ1n) is 6.54. The smallest absolute Gasteiger partial charge is 0.311 e. The molecule has 0 bridgehead atoms. The number of nitro groups is 1. The zero-order chi connectivity index (χ0) is 15.1. The molecule has 5 heteroatoms. The van der Waals surface area contributed by atoms with Gasteiger partial charge in [-0.15, -0.1) is 0 Å². The highest BCUT2D eigenvalue weighted by Gasteiger charge is 2.15. The molecule has 1 N–H and O–H groups in total. The second-order valence-electron chi connectivity index (χ2n) is 4.32. The molecule has 0 unspecified atom stereocenters. The van der Waals surface area contributed by atoms with Crippen LogP contribution in [0.25, 0.3) is 5.76 Å². The molecule has 2 rings (SSSR count). The van der Waals surface area contributed by atoms with E-state index in [1.54, 1.807) is 18.2 Å². The minimum Gasteiger partial charge on any atom is -0.450 e. The van der Waals surface area contributed by atoms with Gasteiger partial charge in [0.2, 0.25) is 5.75 Å². The van der Waals surface area contributed by atoms with E-state index in [2.05, 4.69) is 5.32 Å². The fourth-order valence-electron chi connectivity index (χ4n) is 1.83. The number of likely N-dealkylation sites (N-methyl/N-ethyl adjacent to an activating group) is 1. The van der Waals surface area contributed by atoms with Crippen LogP contribution in [0.15, 0.2) is 60.7 Å². The predicted octanol–water partition coefficient (Wildman–Crippen LogP) is 3.23. The summed E-state index contributed by atoms with van der Waals surface area (Å²) in [4.78, 5) is 10.6. The summed E-state index contributed by atoms with van der Waals surface area (Å²) in [7, 11) is 1.82. The van der Waals surface area contributed by atoms with E-state index in [0.717, 1.165) is 5.56 Å². The highest BCUT2D eigenvalue weighted by molar-refractivity contribution is 5.64.